The van der Waals surface area contributed by atoms with E-state index in [9.17, 15) is 48.5 Å². The van der Waals surface area contributed by atoms with Gasteiger partial charge < -0.3 is 10.1 Å². The molecule has 3 aromatic rings. The van der Waals surface area contributed by atoms with Crippen LogP contribution in [-0.4, -0.2) is 39.2 Å². The summed E-state index contributed by atoms with van der Waals surface area (Å²) in [5.41, 5.74) is -4.41. The Morgan fingerprint density at radius 2 is 1.57 bits per heavy atom. The zero-order valence-corrected chi connectivity index (χ0v) is 25.2. The quantitative estimate of drug-likeness (QED) is 0.200. The first-order valence-corrected chi connectivity index (χ1v) is 15.3. The molecule has 0 saturated heterocycles. The van der Waals surface area contributed by atoms with Gasteiger partial charge >= 0.3 is 24.6 Å². The average Bonchev–Trinajstić information content (AvgIpc) is 2.96. The highest BCUT2D eigenvalue weighted by Gasteiger charge is 2.40. The topological polar surface area (TPSA) is 84.4 Å². The fourth-order valence-corrected chi connectivity index (χ4v) is 5.57. The smallest absolute Gasteiger partial charge is 0.416 e. The van der Waals surface area contributed by atoms with Crippen LogP contribution in [0.3, 0.4) is 0 Å². The summed E-state index contributed by atoms with van der Waals surface area (Å²) in [7, 11) is -1.79. The number of benzene rings is 2. The number of hydrogen-bond donors (Lipinski definition) is 1. The molecule has 0 fully saturated rings. The summed E-state index contributed by atoms with van der Waals surface area (Å²) in [4.78, 5) is 22.3. The largest absolute Gasteiger partial charge is 0.449 e. The van der Waals surface area contributed by atoms with E-state index in [1.807, 2.05) is 0 Å². The predicted octanol–water partition coefficient (Wildman–Crippen LogP) is 8.16. The van der Waals surface area contributed by atoms with Crippen molar-refractivity contribution in [3.8, 4) is 0 Å². The number of hydrogen-bond acceptors (Lipinski definition) is 6. The highest BCUT2D eigenvalue weighted by atomic mass is 32.2. The molecule has 3 atom stereocenters. The van der Waals surface area contributed by atoms with Gasteiger partial charge in [-0.05, 0) is 67.3 Å². The Morgan fingerprint density at radius 3 is 2.09 bits per heavy atom. The average molecular weight is 683 g/mol. The summed E-state index contributed by atoms with van der Waals surface area (Å²) in [5, 5.41) is 2.73. The van der Waals surface area contributed by atoms with Crippen LogP contribution in [0.15, 0.2) is 47.8 Å². The van der Waals surface area contributed by atoms with Crippen molar-refractivity contribution < 1.29 is 53.3 Å². The molecule has 17 heteroatoms. The van der Waals surface area contributed by atoms with Crippen LogP contribution >= 0.6 is 0 Å². The van der Waals surface area contributed by atoms with Crippen LogP contribution in [0.25, 0.3) is 0 Å². The third kappa shape index (κ3) is 7.73. The first-order chi connectivity index (χ1) is 21.3. The number of aromatic nitrogens is 2. The maximum atomic E-state index is 13.8. The van der Waals surface area contributed by atoms with Crippen LogP contribution in [-0.2, 0) is 40.5 Å². The number of carbonyl (C=O) groups is 1. The van der Waals surface area contributed by atoms with Crippen LogP contribution < -0.4 is 10.2 Å². The lowest BCUT2D eigenvalue weighted by molar-refractivity contribution is -0.143. The van der Waals surface area contributed by atoms with E-state index in [-0.39, 0.29) is 46.9 Å². The van der Waals surface area contributed by atoms with Crippen LogP contribution in [0.2, 0.25) is 0 Å². The van der Waals surface area contributed by atoms with E-state index < -0.39 is 76.2 Å². The fraction of sp³-hybridized carbons (Fsp3) is 0.414. The maximum absolute atomic E-state index is 13.8. The summed E-state index contributed by atoms with van der Waals surface area (Å²) < 4.78 is 140. The summed E-state index contributed by atoms with van der Waals surface area (Å²) in [6, 6.07) is 2.26. The van der Waals surface area contributed by atoms with Crippen molar-refractivity contribution >= 4 is 28.4 Å². The van der Waals surface area contributed by atoms with Gasteiger partial charge in [0.15, 0.2) is 0 Å². The third-order valence-electron chi connectivity index (χ3n) is 7.25. The van der Waals surface area contributed by atoms with Gasteiger partial charge in [0.05, 0.1) is 45.8 Å². The molecule has 250 valence electrons. The zero-order chi connectivity index (χ0) is 34.2. The minimum atomic E-state index is -5.10. The Balaban J connectivity index is 1.85. The number of carbonyl (C=O) groups excluding carboxylic acids is 1. The first kappa shape index (κ1) is 35.0. The standard InChI is InChI=1S/C29H27F9N4O3S/c1-4-20-13-22(21-12-17(27(30,31)32)6-7-23(21)42(20)26(43)45-5-2)40-24-16(14-39-25(41-24)46(3)44)8-15-9-18(28(33,34)35)11-19(10-15)29(36,37)38/h6-7,9-12,14,20,22H,4-5,8,13H2,1-3H3,(H,39,40,41)/t20-,22+,46?/m1/s1. The van der Waals surface area contributed by atoms with Gasteiger partial charge in [-0.1, -0.05) is 6.92 Å². The third-order valence-corrected chi connectivity index (χ3v) is 7.96. The molecule has 1 aromatic heterocycles. The molecule has 46 heavy (non-hydrogen) atoms. The minimum absolute atomic E-state index is 0.00373. The van der Waals surface area contributed by atoms with Crippen LogP contribution in [0.4, 0.5) is 55.8 Å². The normalized spacial score (nSPS) is 17.8. The Morgan fingerprint density at radius 1 is 0.957 bits per heavy atom. The van der Waals surface area contributed by atoms with Gasteiger partial charge in [0, 0.05) is 30.5 Å². The molecule has 1 aliphatic heterocycles. The summed E-state index contributed by atoms with van der Waals surface area (Å²) in [6.45, 7) is 3.30. The molecule has 1 unspecified atom stereocenters. The fourth-order valence-electron chi connectivity index (χ4n) is 5.15. The van der Waals surface area contributed by atoms with Crippen molar-refractivity contribution in [2.45, 2.75) is 68.9 Å². The number of anilines is 2. The molecule has 0 radical (unpaired) electrons. The second kappa shape index (κ2) is 13.1. The molecule has 0 aliphatic carbocycles. The molecule has 2 heterocycles. The molecular formula is C29H27F9N4O3S. The number of ether oxygens (including phenoxy) is 1. The summed E-state index contributed by atoms with van der Waals surface area (Å²) >= 11 is 0. The second-order valence-corrected chi connectivity index (χ2v) is 11.7. The molecule has 2 aromatic carbocycles. The van der Waals surface area contributed by atoms with Crippen LogP contribution in [0, 0.1) is 0 Å². The Hall–Kier alpha value is -3.89. The Kier molecular flexibility index (Phi) is 9.94. The molecule has 0 spiro atoms. The number of alkyl halides is 9. The van der Waals surface area contributed by atoms with Crippen molar-refractivity contribution in [2.75, 3.05) is 23.1 Å². The van der Waals surface area contributed by atoms with Crippen molar-refractivity contribution in [2.24, 2.45) is 0 Å². The zero-order valence-electron chi connectivity index (χ0n) is 24.4. The lowest BCUT2D eigenvalue weighted by atomic mass is 9.88. The number of rotatable bonds is 7. The first-order valence-electron chi connectivity index (χ1n) is 13.7. The lowest BCUT2D eigenvalue weighted by Gasteiger charge is -2.40. The lowest BCUT2D eigenvalue weighted by Crippen LogP contribution is -2.46. The summed E-state index contributed by atoms with van der Waals surface area (Å²) in [6.07, 6.45) is -13.6. The van der Waals surface area contributed by atoms with E-state index in [0.29, 0.717) is 18.6 Å². The van der Waals surface area contributed by atoms with Crippen molar-refractivity contribution in [1.82, 2.24) is 9.97 Å². The molecule has 1 N–H and O–H groups in total. The van der Waals surface area contributed by atoms with Gasteiger partial charge in [0.1, 0.15) is 5.82 Å². The van der Waals surface area contributed by atoms with E-state index in [1.54, 1.807) is 13.8 Å². The van der Waals surface area contributed by atoms with Gasteiger partial charge in [0.2, 0.25) is 5.16 Å². The molecule has 1 amide bonds. The molecular weight excluding hydrogens is 655 g/mol. The maximum Gasteiger partial charge on any atom is 0.416 e. The van der Waals surface area contributed by atoms with Gasteiger partial charge in [-0.3, -0.25) is 9.11 Å². The van der Waals surface area contributed by atoms with Crippen LogP contribution in [0.5, 0.6) is 0 Å². The number of amides is 1. The van der Waals surface area contributed by atoms with Crippen LogP contribution in [0.1, 0.15) is 66.1 Å². The van der Waals surface area contributed by atoms with Crippen molar-refractivity contribution in [1.29, 1.82) is 0 Å². The van der Waals surface area contributed by atoms with E-state index in [1.165, 1.54) is 11.2 Å². The van der Waals surface area contributed by atoms with Gasteiger partial charge in [-0.15, -0.1) is 0 Å². The predicted molar refractivity (Wildman–Crippen MR) is 150 cm³/mol. The van der Waals surface area contributed by atoms with Gasteiger partial charge in [0.25, 0.3) is 0 Å². The summed E-state index contributed by atoms with van der Waals surface area (Å²) in [5.74, 6) is -0.168. The number of halogens is 9. The molecule has 1 aliphatic rings. The number of nitrogens with one attached hydrogen (secondary N) is 1. The van der Waals surface area contributed by atoms with Gasteiger partial charge in [-0.2, -0.15) is 39.5 Å². The van der Waals surface area contributed by atoms with Crippen molar-refractivity contribution in [3.63, 3.8) is 0 Å². The molecule has 0 bridgehead atoms. The van der Waals surface area contributed by atoms with E-state index >= 15 is 0 Å². The minimum Gasteiger partial charge on any atom is -0.449 e. The highest BCUT2D eigenvalue weighted by molar-refractivity contribution is 7.84. The monoisotopic (exact) mass is 682 g/mol. The Bertz CT molecular complexity index is 1590. The number of nitrogens with zero attached hydrogens (tertiary/aromatic N) is 3. The number of fused-ring (bicyclic) bond motifs is 1. The molecule has 4 rings (SSSR count). The molecule has 0 saturated carbocycles. The van der Waals surface area contributed by atoms with Gasteiger partial charge in [-0.25, -0.2) is 14.8 Å². The van der Waals surface area contributed by atoms with E-state index in [0.717, 1.165) is 24.4 Å². The second-order valence-electron chi connectivity index (χ2n) is 10.4. The van der Waals surface area contributed by atoms with E-state index in [2.05, 4.69) is 15.3 Å². The SMILES string of the molecule is CCOC(=O)N1c2ccc(C(F)(F)F)cc2[C@@H](Nc2nc(S(C)=O)ncc2Cc2cc(C(F)(F)F)cc(C(F)(F)F)c2)C[C@H]1CC. The van der Waals surface area contributed by atoms with E-state index in [4.69, 9.17) is 4.74 Å². The Labute approximate surface area is 259 Å². The highest BCUT2D eigenvalue weighted by Crippen LogP contribution is 2.44. The van der Waals surface area contributed by atoms with Crippen molar-refractivity contribution in [3.05, 3.63) is 76.0 Å². The molecule has 7 nitrogen and oxygen atoms in total.